The van der Waals surface area contributed by atoms with Crippen molar-refractivity contribution in [3.8, 4) is 5.75 Å². The molecule has 1 aromatic heterocycles. The minimum Gasteiger partial charge on any atom is -0.494 e. The van der Waals surface area contributed by atoms with Gasteiger partial charge in [0.15, 0.2) is 11.5 Å². The number of carbonyl (C=O) groups is 1. The number of ether oxygens (including phenoxy) is 1. The molecule has 4 nitrogen and oxygen atoms in total. The zero-order valence-corrected chi connectivity index (χ0v) is 9.71. The first kappa shape index (κ1) is 11.0. The molecule has 0 saturated heterocycles. The van der Waals surface area contributed by atoms with Crippen LogP contribution in [0.3, 0.4) is 0 Å². The zero-order valence-electron chi connectivity index (χ0n) is 8.90. The Morgan fingerprint density at radius 1 is 1.56 bits per heavy atom. The van der Waals surface area contributed by atoms with Gasteiger partial charge in [-0.2, -0.15) is 0 Å². The fraction of sp³-hybridized carbons (Fsp3) is 0.273. The Kier molecular flexibility index (Phi) is 3.17. The predicted molar refractivity (Wildman–Crippen MR) is 64.2 cm³/mol. The average Bonchev–Trinajstić information content (AvgIpc) is 2.75. The lowest BCUT2D eigenvalue weighted by Crippen LogP contribution is -2.09. The maximum Gasteiger partial charge on any atom is 0.167 e. The summed E-state index contributed by atoms with van der Waals surface area (Å²) in [6, 6.07) is 3.66. The van der Waals surface area contributed by atoms with Gasteiger partial charge in [-0.05, 0) is 18.7 Å². The molecule has 0 unspecified atom stereocenters. The fourth-order valence-corrected chi connectivity index (χ4v) is 2.27. The van der Waals surface area contributed by atoms with E-state index < -0.39 is 0 Å². The molecule has 0 aliphatic heterocycles. The van der Waals surface area contributed by atoms with Crippen LogP contribution in [0.25, 0.3) is 10.2 Å². The zero-order chi connectivity index (χ0) is 11.5. The van der Waals surface area contributed by atoms with Gasteiger partial charge in [-0.3, -0.25) is 4.79 Å². The van der Waals surface area contributed by atoms with Gasteiger partial charge in [0.05, 0.1) is 22.9 Å². The van der Waals surface area contributed by atoms with E-state index in [1.807, 2.05) is 6.07 Å². The molecule has 1 heterocycles. The van der Waals surface area contributed by atoms with E-state index in [-0.39, 0.29) is 5.78 Å². The number of hydrogen-bond donors (Lipinski definition) is 1. The number of Topliss-reactive ketones (excluding diaryl/α,β-unsaturated/α-hetero) is 1. The van der Waals surface area contributed by atoms with Crippen molar-refractivity contribution in [3.63, 3.8) is 0 Å². The third-order valence-electron chi connectivity index (χ3n) is 2.33. The molecule has 0 atom stereocenters. The highest BCUT2D eigenvalue weighted by Crippen LogP contribution is 2.31. The number of benzene rings is 1. The number of carbonyl (C=O) groups excluding carboxylic acids is 1. The first-order valence-electron chi connectivity index (χ1n) is 4.91. The van der Waals surface area contributed by atoms with E-state index >= 15 is 0 Å². The van der Waals surface area contributed by atoms with Gasteiger partial charge in [0, 0.05) is 6.42 Å². The summed E-state index contributed by atoms with van der Waals surface area (Å²) >= 11 is 1.52. The summed E-state index contributed by atoms with van der Waals surface area (Å²) < 4.78 is 6.28. The molecule has 0 saturated carbocycles. The third kappa shape index (κ3) is 1.79. The third-order valence-corrected chi connectivity index (χ3v) is 3.13. The molecule has 0 bridgehead atoms. The number of methoxy groups -OCH3 is 1. The van der Waals surface area contributed by atoms with E-state index in [1.54, 1.807) is 18.7 Å². The van der Waals surface area contributed by atoms with Crippen molar-refractivity contribution in [2.45, 2.75) is 6.42 Å². The van der Waals surface area contributed by atoms with Gasteiger partial charge in [-0.1, -0.05) is 0 Å². The molecule has 0 fully saturated rings. The Hall–Kier alpha value is -1.46. The lowest BCUT2D eigenvalue weighted by atomic mass is 10.1. The predicted octanol–water partition coefficient (Wildman–Crippen LogP) is 1.84. The van der Waals surface area contributed by atoms with Gasteiger partial charge < -0.3 is 10.5 Å². The lowest BCUT2D eigenvalue weighted by Gasteiger charge is -2.07. The molecule has 1 aromatic carbocycles. The van der Waals surface area contributed by atoms with Gasteiger partial charge in [0.25, 0.3) is 0 Å². The van der Waals surface area contributed by atoms with Crippen LogP contribution < -0.4 is 10.5 Å². The van der Waals surface area contributed by atoms with E-state index in [0.717, 1.165) is 10.2 Å². The number of ketones is 1. The van der Waals surface area contributed by atoms with E-state index in [0.29, 0.717) is 24.3 Å². The van der Waals surface area contributed by atoms with Crippen LogP contribution in [0.1, 0.15) is 16.8 Å². The van der Waals surface area contributed by atoms with Crippen molar-refractivity contribution in [1.82, 2.24) is 4.98 Å². The molecular formula is C11H12N2O2S. The summed E-state index contributed by atoms with van der Waals surface area (Å²) in [5, 5.41) is 0. The first-order chi connectivity index (χ1) is 7.77. The van der Waals surface area contributed by atoms with Gasteiger partial charge in [-0.25, -0.2) is 4.98 Å². The van der Waals surface area contributed by atoms with Gasteiger partial charge in [0.2, 0.25) is 0 Å². The SMILES string of the molecule is COc1c(C(=O)CCN)ccc2scnc12. The Morgan fingerprint density at radius 3 is 3.06 bits per heavy atom. The quantitative estimate of drug-likeness (QED) is 0.822. The summed E-state index contributed by atoms with van der Waals surface area (Å²) in [7, 11) is 1.55. The molecule has 16 heavy (non-hydrogen) atoms. The van der Waals surface area contributed by atoms with Gasteiger partial charge >= 0.3 is 0 Å². The summed E-state index contributed by atoms with van der Waals surface area (Å²) in [6.45, 7) is 0.344. The lowest BCUT2D eigenvalue weighted by molar-refractivity contribution is 0.0983. The molecule has 0 amide bonds. The molecule has 0 aliphatic carbocycles. The van der Waals surface area contributed by atoms with E-state index in [9.17, 15) is 4.79 Å². The Balaban J connectivity index is 2.56. The van der Waals surface area contributed by atoms with Crippen LogP contribution in [0, 0.1) is 0 Å². The van der Waals surface area contributed by atoms with Crippen LogP contribution in [-0.2, 0) is 0 Å². The van der Waals surface area contributed by atoms with E-state index in [4.69, 9.17) is 10.5 Å². The maximum absolute atomic E-state index is 11.8. The number of rotatable bonds is 4. The number of hydrogen-bond acceptors (Lipinski definition) is 5. The average molecular weight is 236 g/mol. The molecule has 2 aromatic rings. The monoisotopic (exact) mass is 236 g/mol. The number of aromatic nitrogens is 1. The van der Waals surface area contributed by atoms with Crippen LogP contribution in [0.2, 0.25) is 0 Å². The van der Waals surface area contributed by atoms with Crippen LogP contribution >= 0.6 is 11.3 Å². The van der Waals surface area contributed by atoms with Crippen molar-refractivity contribution in [2.75, 3.05) is 13.7 Å². The summed E-state index contributed by atoms with van der Waals surface area (Å²) in [6.07, 6.45) is 0.325. The highest BCUT2D eigenvalue weighted by Gasteiger charge is 2.15. The topological polar surface area (TPSA) is 65.2 Å². The van der Waals surface area contributed by atoms with Crippen molar-refractivity contribution in [2.24, 2.45) is 5.73 Å². The van der Waals surface area contributed by atoms with Crippen LogP contribution in [0.15, 0.2) is 17.6 Å². The minimum absolute atomic E-state index is 0.00532. The Labute approximate surface area is 97.0 Å². The summed E-state index contributed by atoms with van der Waals surface area (Å²) in [5.74, 6) is 0.548. The largest absolute Gasteiger partial charge is 0.494 e. The Bertz CT molecular complexity index is 522. The number of nitrogens with two attached hydrogens (primary N) is 1. The molecule has 0 aliphatic rings. The summed E-state index contributed by atoms with van der Waals surface area (Å²) in [5.41, 5.74) is 8.42. The van der Waals surface area contributed by atoms with Gasteiger partial charge in [-0.15, -0.1) is 11.3 Å². The van der Waals surface area contributed by atoms with E-state index in [1.165, 1.54) is 11.3 Å². The molecule has 5 heteroatoms. The standard InChI is InChI=1S/C11H12N2O2S/c1-15-11-7(8(14)4-5-12)2-3-9-10(11)13-6-16-9/h2-3,6H,4-5,12H2,1H3. The Morgan fingerprint density at radius 2 is 2.38 bits per heavy atom. The number of nitrogens with zero attached hydrogens (tertiary/aromatic N) is 1. The normalized spacial score (nSPS) is 10.6. The molecule has 84 valence electrons. The smallest absolute Gasteiger partial charge is 0.167 e. The van der Waals surface area contributed by atoms with E-state index in [2.05, 4.69) is 4.98 Å². The number of thiazole rings is 1. The summed E-state index contributed by atoms with van der Waals surface area (Å²) in [4.78, 5) is 16.0. The highest BCUT2D eigenvalue weighted by molar-refractivity contribution is 7.16. The molecule has 2 rings (SSSR count). The highest BCUT2D eigenvalue weighted by atomic mass is 32.1. The second kappa shape index (κ2) is 4.59. The maximum atomic E-state index is 11.8. The molecular weight excluding hydrogens is 224 g/mol. The van der Waals surface area contributed by atoms with Crippen molar-refractivity contribution < 1.29 is 9.53 Å². The molecule has 2 N–H and O–H groups in total. The van der Waals surface area contributed by atoms with Crippen LogP contribution in [0.4, 0.5) is 0 Å². The van der Waals surface area contributed by atoms with Crippen LogP contribution in [0.5, 0.6) is 5.75 Å². The van der Waals surface area contributed by atoms with Crippen LogP contribution in [-0.4, -0.2) is 24.4 Å². The van der Waals surface area contributed by atoms with Crippen molar-refractivity contribution >= 4 is 27.3 Å². The second-order valence-electron chi connectivity index (χ2n) is 3.31. The fourth-order valence-electron chi connectivity index (χ4n) is 1.60. The molecule has 0 spiro atoms. The first-order valence-corrected chi connectivity index (χ1v) is 5.79. The van der Waals surface area contributed by atoms with Crippen molar-refractivity contribution in [3.05, 3.63) is 23.2 Å². The molecule has 0 radical (unpaired) electrons. The van der Waals surface area contributed by atoms with Gasteiger partial charge in [0.1, 0.15) is 5.52 Å². The van der Waals surface area contributed by atoms with Crippen molar-refractivity contribution in [1.29, 1.82) is 0 Å². The second-order valence-corrected chi connectivity index (χ2v) is 4.19. The minimum atomic E-state index is -0.00532. The number of fused-ring (bicyclic) bond motifs is 1.